The van der Waals surface area contributed by atoms with E-state index in [2.05, 4.69) is 54.8 Å². The number of rotatable bonds is 15. The molecule has 7 heterocycles. The highest BCUT2D eigenvalue weighted by molar-refractivity contribution is 4.81. The molecule has 1 atom stereocenters. The lowest BCUT2D eigenvalue weighted by molar-refractivity contribution is 0.141. The zero-order valence-electron chi connectivity index (χ0n) is 37.9. The van der Waals surface area contributed by atoms with E-state index in [1.807, 2.05) is 13.8 Å². The smallest absolute Gasteiger partial charge is 0.0107 e. The standard InChI is InChI=1S/C24H48N4.C11H22N2.C10H21N3.C2H6/c1-27-16-11-24(12-17-27)23(6-13-25)5-3-2-4-21-9-18-28(19-10-21)20-22-7-14-26-15-8-22;1-10-2-5-13(6-3-10)7-4-11-8-12-9-11;1-3-11-4-2-10(1)9-13-7-5-12-6-8-13;1-2/h21-24,26H,2-20,25H2,1H3;10-12H,2-9H2,1H3;10-12H,1-9H2;1-2H3. The maximum absolute atomic E-state index is 5.95. The van der Waals surface area contributed by atoms with Crippen molar-refractivity contribution in [3.8, 4) is 0 Å². The first kappa shape index (κ1) is 48.3. The Bertz CT molecular complexity index is 877. The topological polar surface area (TPSA) is 87.1 Å². The summed E-state index contributed by atoms with van der Waals surface area (Å²) in [7, 11) is 2.27. The van der Waals surface area contributed by atoms with Crippen LogP contribution in [0.2, 0.25) is 0 Å². The number of nitrogens with one attached hydrogen (secondary N) is 4. The summed E-state index contributed by atoms with van der Waals surface area (Å²) >= 11 is 0. The summed E-state index contributed by atoms with van der Waals surface area (Å²) < 4.78 is 0. The summed E-state index contributed by atoms with van der Waals surface area (Å²) in [4.78, 5) is 10.5. The summed E-state index contributed by atoms with van der Waals surface area (Å²) in [6, 6.07) is 0. The molecule has 56 heavy (non-hydrogen) atoms. The molecule has 0 saturated carbocycles. The van der Waals surface area contributed by atoms with Gasteiger partial charge in [0.05, 0.1) is 0 Å². The first-order valence-electron chi connectivity index (χ1n) is 24.9. The molecule has 0 aromatic heterocycles. The second-order valence-corrected chi connectivity index (χ2v) is 19.3. The van der Waals surface area contributed by atoms with Crippen LogP contribution in [-0.4, -0.2) is 158 Å². The van der Waals surface area contributed by atoms with Crippen molar-refractivity contribution >= 4 is 0 Å². The first-order valence-corrected chi connectivity index (χ1v) is 24.9. The molecule has 0 radical (unpaired) electrons. The molecule has 7 aliphatic heterocycles. The van der Waals surface area contributed by atoms with E-state index in [0.717, 1.165) is 48.0 Å². The van der Waals surface area contributed by atoms with Crippen molar-refractivity contribution in [2.45, 2.75) is 124 Å². The lowest BCUT2D eigenvalue weighted by atomic mass is 9.79. The van der Waals surface area contributed by atoms with Gasteiger partial charge in [-0.2, -0.15) is 0 Å². The molecule has 0 aromatic carbocycles. The van der Waals surface area contributed by atoms with Crippen LogP contribution in [0.15, 0.2) is 0 Å². The Labute approximate surface area is 348 Å². The average Bonchev–Trinajstić information content (AvgIpc) is 3.23. The Morgan fingerprint density at radius 2 is 1.05 bits per heavy atom. The molecule has 7 saturated heterocycles. The molecule has 7 aliphatic rings. The van der Waals surface area contributed by atoms with Crippen LogP contribution in [0.4, 0.5) is 0 Å². The molecule has 7 fully saturated rings. The maximum Gasteiger partial charge on any atom is 0.0107 e. The van der Waals surface area contributed by atoms with E-state index in [0.29, 0.717) is 0 Å². The van der Waals surface area contributed by atoms with Crippen LogP contribution >= 0.6 is 0 Å². The fraction of sp³-hybridized carbons (Fsp3) is 1.00. The molecule has 9 nitrogen and oxygen atoms in total. The monoisotopic (exact) mass is 788 g/mol. The van der Waals surface area contributed by atoms with Crippen molar-refractivity contribution in [3.05, 3.63) is 0 Å². The van der Waals surface area contributed by atoms with E-state index in [-0.39, 0.29) is 0 Å². The molecule has 0 spiro atoms. The molecule has 0 amide bonds. The van der Waals surface area contributed by atoms with Gasteiger partial charge in [-0.1, -0.05) is 46.5 Å². The number of piperidine rings is 5. The normalized spacial score (nSPS) is 25.9. The van der Waals surface area contributed by atoms with Crippen LogP contribution in [0.5, 0.6) is 0 Å². The SMILES string of the molecule is C1CC(CN2CCNCC2)CCN1.CC.CC1CCN(CCC2CNC2)CC1.CN1CCC(C(CCN)CCCCC2CCN(CC3CCNCC3)CC2)CC1. The van der Waals surface area contributed by atoms with Crippen molar-refractivity contribution in [2.24, 2.45) is 47.2 Å². The third-order valence-electron chi connectivity index (χ3n) is 14.9. The molecule has 1 unspecified atom stereocenters. The van der Waals surface area contributed by atoms with Gasteiger partial charge >= 0.3 is 0 Å². The van der Waals surface area contributed by atoms with E-state index >= 15 is 0 Å². The molecule has 9 heteroatoms. The largest absolute Gasteiger partial charge is 0.330 e. The van der Waals surface area contributed by atoms with Crippen molar-refractivity contribution in [3.63, 3.8) is 0 Å². The molecular formula is C47H97N9. The fourth-order valence-corrected chi connectivity index (χ4v) is 10.6. The Kier molecular flexibility index (Phi) is 25.7. The second kappa shape index (κ2) is 29.8. The molecule has 7 rings (SSSR count). The van der Waals surface area contributed by atoms with Gasteiger partial charge in [0.25, 0.3) is 0 Å². The van der Waals surface area contributed by atoms with Crippen LogP contribution in [0.3, 0.4) is 0 Å². The average molecular weight is 788 g/mol. The van der Waals surface area contributed by atoms with Crippen molar-refractivity contribution in [1.82, 2.24) is 40.9 Å². The highest BCUT2D eigenvalue weighted by Crippen LogP contribution is 2.32. The summed E-state index contributed by atoms with van der Waals surface area (Å²) in [6.45, 7) is 31.7. The van der Waals surface area contributed by atoms with Crippen molar-refractivity contribution in [1.29, 1.82) is 0 Å². The molecular weight excluding hydrogens is 691 g/mol. The minimum Gasteiger partial charge on any atom is -0.330 e. The molecule has 0 bridgehead atoms. The van der Waals surface area contributed by atoms with Crippen LogP contribution in [0.1, 0.15) is 124 Å². The van der Waals surface area contributed by atoms with Gasteiger partial charge in [-0.3, -0.25) is 0 Å². The number of hydrogen-bond donors (Lipinski definition) is 5. The van der Waals surface area contributed by atoms with Gasteiger partial charge in [0.15, 0.2) is 0 Å². The Hall–Kier alpha value is -0.360. The van der Waals surface area contributed by atoms with E-state index in [4.69, 9.17) is 5.73 Å². The van der Waals surface area contributed by atoms with Gasteiger partial charge in [0, 0.05) is 39.3 Å². The van der Waals surface area contributed by atoms with Gasteiger partial charge in [-0.05, 0) is 217 Å². The fourth-order valence-electron chi connectivity index (χ4n) is 10.6. The van der Waals surface area contributed by atoms with Crippen LogP contribution in [0.25, 0.3) is 0 Å². The van der Waals surface area contributed by atoms with Crippen molar-refractivity contribution < 1.29 is 0 Å². The van der Waals surface area contributed by atoms with Crippen LogP contribution < -0.4 is 27.0 Å². The Morgan fingerprint density at radius 3 is 1.59 bits per heavy atom. The number of unbranched alkanes of at least 4 members (excludes halogenated alkanes) is 1. The number of nitrogens with zero attached hydrogens (tertiary/aromatic N) is 4. The minimum atomic E-state index is 0.881. The molecule has 0 aliphatic carbocycles. The lowest BCUT2D eigenvalue weighted by Gasteiger charge is -2.36. The molecule has 0 aromatic rings. The zero-order chi connectivity index (χ0) is 39.6. The van der Waals surface area contributed by atoms with E-state index in [1.54, 1.807) is 0 Å². The van der Waals surface area contributed by atoms with Gasteiger partial charge in [-0.15, -0.1) is 0 Å². The molecule has 6 N–H and O–H groups in total. The van der Waals surface area contributed by atoms with Gasteiger partial charge in [-0.25, -0.2) is 0 Å². The van der Waals surface area contributed by atoms with Crippen LogP contribution in [0, 0.1) is 41.4 Å². The maximum atomic E-state index is 5.95. The number of hydrogen-bond acceptors (Lipinski definition) is 9. The third-order valence-corrected chi connectivity index (χ3v) is 14.9. The Morgan fingerprint density at radius 1 is 0.518 bits per heavy atom. The first-order chi connectivity index (χ1) is 27.5. The summed E-state index contributed by atoms with van der Waals surface area (Å²) in [6.07, 6.45) is 22.5. The van der Waals surface area contributed by atoms with E-state index in [1.165, 1.54) is 227 Å². The number of nitrogens with two attached hydrogens (primary N) is 1. The van der Waals surface area contributed by atoms with Gasteiger partial charge in [0.2, 0.25) is 0 Å². The third kappa shape index (κ3) is 19.8. The summed E-state index contributed by atoms with van der Waals surface area (Å²) in [5, 5.41) is 13.7. The quantitative estimate of drug-likeness (QED) is 0.132. The summed E-state index contributed by atoms with van der Waals surface area (Å²) in [5.41, 5.74) is 5.95. The lowest BCUT2D eigenvalue weighted by Crippen LogP contribution is -2.46. The van der Waals surface area contributed by atoms with E-state index in [9.17, 15) is 0 Å². The minimum absolute atomic E-state index is 0.881. The Balaban J connectivity index is 0.000000205. The zero-order valence-corrected chi connectivity index (χ0v) is 37.9. The summed E-state index contributed by atoms with van der Waals surface area (Å²) in [5.74, 6) is 6.71. The predicted molar refractivity (Wildman–Crippen MR) is 243 cm³/mol. The van der Waals surface area contributed by atoms with Gasteiger partial charge < -0.3 is 46.6 Å². The number of likely N-dealkylation sites (tertiary alicyclic amines) is 3. The van der Waals surface area contributed by atoms with Crippen molar-refractivity contribution in [2.75, 3.05) is 138 Å². The van der Waals surface area contributed by atoms with E-state index < -0.39 is 0 Å². The highest BCUT2D eigenvalue weighted by Gasteiger charge is 2.26. The highest BCUT2D eigenvalue weighted by atomic mass is 15.2. The second-order valence-electron chi connectivity index (χ2n) is 19.3. The number of piperazine rings is 1. The van der Waals surface area contributed by atoms with Crippen LogP contribution in [-0.2, 0) is 0 Å². The molecule has 330 valence electrons. The predicted octanol–water partition coefficient (Wildman–Crippen LogP) is 5.81. The van der Waals surface area contributed by atoms with Gasteiger partial charge in [0.1, 0.15) is 0 Å².